The van der Waals surface area contributed by atoms with E-state index in [1.54, 1.807) is 10.5 Å². The van der Waals surface area contributed by atoms with Crippen LogP contribution in [0.15, 0.2) is 65.6 Å². The Balaban J connectivity index is 1.82. The van der Waals surface area contributed by atoms with E-state index in [0.717, 1.165) is 5.75 Å². The van der Waals surface area contributed by atoms with Crippen molar-refractivity contribution in [2.45, 2.75) is 32.4 Å². The van der Waals surface area contributed by atoms with Gasteiger partial charge in [-0.3, -0.25) is 0 Å². The highest BCUT2D eigenvalue weighted by atomic mass is 32.2. The second kappa shape index (κ2) is 6.11. The van der Waals surface area contributed by atoms with E-state index in [2.05, 4.69) is 74.5 Å². The third kappa shape index (κ3) is 3.59. The smallest absolute Gasteiger partial charge is 0.0228 e. The molecule has 0 spiro atoms. The van der Waals surface area contributed by atoms with Crippen LogP contribution < -0.4 is 0 Å². The molecule has 0 aromatic heterocycles. The Morgan fingerprint density at radius 3 is 2.14 bits per heavy atom. The van der Waals surface area contributed by atoms with Gasteiger partial charge in [0.2, 0.25) is 0 Å². The van der Waals surface area contributed by atoms with E-state index in [0.29, 0.717) is 5.41 Å². The van der Waals surface area contributed by atoms with Gasteiger partial charge in [-0.05, 0) is 39.9 Å². The van der Waals surface area contributed by atoms with Crippen LogP contribution in [0.3, 0.4) is 0 Å². The molecule has 0 radical (unpaired) electrons. The first kappa shape index (κ1) is 14.5. The van der Waals surface area contributed by atoms with Crippen molar-refractivity contribution >= 4 is 17.3 Å². The normalized spacial score (nSPS) is 17.2. The van der Waals surface area contributed by atoms with Gasteiger partial charge in [-0.2, -0.15) is 0 Å². The quantitative estimate of drug-likeness (QED) is 0.651. The van der Waals surface area contributed by atoms with E-state index in [1.165, 1.54) is 24.0 Å². The van der Waals surface area contributed by atoms with Gasteiger partial charge in [-0.15, -0.1) is 11.8 Å². The predicted octanol–water partition coefficient (Wildman–Crippen LogP) is 6.15. The van der Waals surface area contributed by atoms with Gasteiger partial charge < -0.3 is 0 Å². The fourth-order valence-electron chi connectivity index (χ4n) is 2.97. The molecule has 2 aromatic rings. The molecular weight excluding hydrogens is 272 g/mol. The molecule has 0 aliphatic heterocycles. The number of benzene rings is 2. The van der Waals surface area contributed by atoms with Crippen molar-refractivity contribution in [2.75, 3.05) is 0 Å². The summed E-state index contributed by atoms with van der Waals surface area (Å²) >= 11 is 2.02. The fraction of sp³-hybridized carbons (Fsp3) is 0.300. The zero-order valence-electron chi connectivity index (χ0n) is 12.8. The maximum Gasteiger partial charge on any atom is 0.0228 e. The van der Waals surface area contributed by atoms with Crippen molar-refractivity contribution in [3.8, 4) is 0 Å². The Hall–Kier alpha value is -1.47. The summed E-state index contributed by atoms with van der Waals surface area (Å²) in [7, 11) is 0. The molecule has 0 saturated carbocycles. The third-order valence-electron chi connectivity index (χ3n) is 4.01. The monoisotopic (exact) mass is 294 g/mol. The first-order valence-corrected chi connectivity index (χ1v) is 8.57. The van der Waals surface area contributed by atoms with Crippen LogP contribution in [0, 0.1) is 5.41 Å². The largest absolute Gasteiger partial charge is 0.125 e. The molecule has 0 N–H and O–H groups in total. The summed E-state index contributed by atoms with van der Waals surface area (Å²) in [6.45, 7) is 4.76. The molecule has 0 atom stereocenters. The summed E-state index contributed by atoms with van der Waals surface area (Å²) in [6, 6.07) is 21.7. The van der Waals surface area contributed by atoms with Crippen molar-refractivity contribution in [3.05, 3.63) is 76.7 Å². The minimum atomic E-state index is 0.393. The van der Waals surface area contributed by atoms with Crippen LogP contribution in [0.1, 0.15) is 37.8 Å². The lowest BCUT2D eigenvalue weighted by molar-refractivity contribution is 0.401. The highest BCUT2D eigenvalue weighted by Crippen LogP contribution is 2.50. The molecule has 0 bridgehead atoms. The van der Waals surface area contributed by atoms with Gasteiger partial charge >= 0.3 is 0 Å². The molecule has 0 fully saturated rings. The second-order valence-electron chi connectivity index (χ2n) is 6.56. The Morgan fingerprint density at radius 1 is 0.857 bits per heavy atom. The van der Waals surface area contributed by atoms with Crippen LogP contribution in [0.4, 0.5) is 0 Å². The molecule has 0 saturated heterocycles. The Labute approximate surface area is 132 Å². The average Bonchev–Trinajstić information content (AvgIpc) is 2.82. The van der Waals surface area contributed by atoms with E-state index < -0.39 is 0 Å². The average molecular weight is 294 g/mol. The molecule has 108 valence electrons. The van der Waals surface area contributed by atoms with Crippen molar-refractivity contribution in [1.82, 2.24) is 0 Å². The second-order valence-corrected chi connectivity index (χ2v) is 7.63. The maximum atomic E-state index is 2.38. The van der Waals surface area contributed by atoms with E-state index in [4.69, 9.17) is 0 Å². The van der Waals surface area contributed by atoms with E-state index >= 15 is 0 Å². The molecule has 3 rings (SSSR count). The van der Waals surface area contributed by atoms with Crippen LogP contribution in [0.2, 0.25) is 0 Å². The van der Waals surface area contributed by atoms with E-state index in [9.17, 15) is 0 Å². The molecule has 21 heavy (non-hydrogen) atoms. The lowest BCUT2D eigenvalue weighted by Gasteiger charge is -2.17. The van der Waals surface area contributed by atoms with E-state index in [-0.39, 0.29) is 0 Å². The summed E-state index contributed by atoms with van der Waals surface area (Å²) < 4.78 is 0. The number of rotatable bonds is 4. The number of thioether (sulfide) groups is 1. The molecule has 0 heterocycles. The van der Waals surface area contributed by atoms with Crippen LogP contribution in [0.25, 0.3) is 5.57 Å². The first-order valence-electron chi connectivity index (χ1n) is 7.58. The van der Waals surface area contributed by atoms with Crippen molar-refractivity contribution < 1.29 is 0 Å². The molecule has 0 unspecified atom stereocenters. The molecule has 1 heteroatoms. The molecule has 0 nitrogen and oxygen atoms in total. The summed E-state index contributed by atoms with van der Waals surface area (Å²) in [5.41, 5.74) is 4.76. The summed E-state index contributed by atoms with van der Waals surface area (Å²) in [4.78, 5) is 1.58. The SMILES string of the molecule is CC1(C)CC(SCc2ccccc2)=C(c2ccccc2)C1. The Kier molecular flexibility index (Phi) is 4.21. The van der Waals surface area contributed by atoms with Gasteiger partial charge in [0.15, 0.2) is 0 Å². The van der Waals surface area contributed by atoms with Crippen LogP contribution >= 0.6 is 11.8 Å². The predicted molar refractivity (Wildman–Crippen MR) is 94.1 cm³/mol. The molecule has 1 aliphatic carbocycles. The molecular formula is C20H22S. The van der Waals surface area contributed by atoms with Crippen LogP contribution in [-0.4, -0.2) is 0 Å². The van der Waals surface area contributed by atoms with Gasteiger partial charge in [0.1, 0.15) is 0 Å². The van der Waals surface area contributed by atoms with Crippen LogP contribution in [0.5, 0.6) is 0 Å². The van der Waals surface area contributed by atoms with Gasteiger partial charge in [0.25, 0.3) is 0 Å². The van der Waals surface area contributed by atoms with Gasteiger partial charge in [0, 0.05) is 5.75 Å². The van der Waals surface area contributed by atoms with Crippen molar-refractivity contribution in [1.29, 1.82) is 0 Å². The minimum absolute atomic E-state index is 0.393. The number of hydrogen-bond donors (Lipinski definition) is 0. The summed E-state index contributed by atoms with van der Waals surface area (Å²) in [5, 5.41) is 0. The van der Waals surface area contributed by atoms with Crippen LogP contribution in [-0.2, 0) is 5.75 Å². The third-order valence-corrected chi connectivity index (χ3v) is 5.23. The van der Waals surface area contributed by atoms with Gasteiger partial charge in [-0.1, -0.05) is 74.5 Å². The van der Waals surface area contributed by atoms with Gasteiger partial charge in [0.05, 0.1) is 0 Å². The minimum Gasteiger partial charge on any atom is -0.125 e. The van der Waals surface area contributed by atoms with Crippen molar-refractivity contribution in [2.24, 2.45) is 5.41 Å². The zero-order valence-corrected chi connectivity index (χ0v) is 13.6. The lowest BCUT2D eigenvalue weighted by atomic mass is 9.88. The Morgan fingerprint density at radius 2 is 1.48 bits per heavy atom. The highest BCUT2D eigenvalue weighted by Gasteiger charge is 2.31. The topological polar surface area (TPSA) is 0 Å². The highest BCUT2D eigenvalue weighted by molar-refractivity contribution is 8.02. The fourth-order valence-corrected chi connectivity index (χ4v) is 4.36. The Bertz CT molecular complexity index is 623. The van der Waals surface area contributed by atoms with E-state index in [1.807, 2.05) is 11.8 Å². The summed E-state index contributed by atoms with van der Waals surface area (Å²) in [6.07, 6.45) is 2.39. The zero-order chi connectivity index (χ0) is 14.7. The first-order chi connectivity index (χ1) is 10.1. The van der Waals surface area contributed by atoms with Crippen molar-refractivity contribution in [3.63, 3.8) is 0 Å². The standard InChI is InChI=1S/C20H22S/c1-20(2)13-18(17-11-7-4-8-12-17)19(14-20)21-15-16-9-5-3-6-10-16/h3-12H,13-15H2,1-2H3. The lowest BCUT2D eigenvalue weighted by Crippen LogP contribution is -2.04. The maximum absolute atomic E-state index is 2.38. The summed E-state index contributed by atoms with van der Waals surface area (Å²) in [5.74, 6) is 1.07. The molecule has 1 aliphatic rings. The number of hydrogen-bond acceptors (Lipinski definition) is 1. The molecule has 2 aromatic carbocycles. The van der Waals surface area contributed by atoms with Gasteiger partial charge in [-0.25, -0.2) is 0 Å². The number of allylic oxidation sites excluding steroid dienone is 2. The molecule has 0 amide bonds.